The Kier molecular flexibility index (Phi) is 3.51. The molecule has 0 spiro atoms. The molecule has 0 aromatic heterocycles. The molecule has 0 unspecified atom stereocenters. The van der Waals surface area contributed by atoms with Crippen molar-refractivity contribution in [1.82, 2.24) is 0 Å². The van der Waals surface area contributed by atoms with Crippen LogP contribution in [0.3, 0.4) is 0 Å². The fourth-order valence-electron chi connectivity index (χ4n) is 1.69. The summed E-state index contributed by atoms with van der Waals surface area (Å²) in [6, 6.07) is 1.71. The second kappa shape index (κ2) is 4.66. The lowest BCUT2D eigenvalue weighted by Gasteiger charge is -2.17. The van der Waals surface area contributed by atoms with Crippen LogP contribution < -0.4 is 0 Å². The summed E-state index contributed by atoms with van der Waals surface area (Å²) in [5.74, 6) is -0.799. The summed E-state index contributed by atoms with van der Waals surface area (Å²) in [4.78, 5) is 10.5. The summed E-state index contributed by atoms with van der Waals surface area (Å²) >= 11 is 0. The lowest BCUT2D eigenvalue weighted by molar-refractivity contribution is -0.132. The molecule has 3 nitrogen and oxygen atoms in total. The third kappa shape index (κ3) is 2.90. The van der Waals surface area contributed by atoms with Gasteiger partial charge in [0.15, 0.2) is 0 Å². The Hall–Kier alpha value is -1.30. The van der Waals surface area contributed by atoms with Gasteiger partial charge in [0.1, 0.15) is 11.6 Å². The molecule has 1 aliphatic rings. The third-order valence-corrected chi connectivity index (χ3v) is 2.40. The minimum Gasteiger partial charge on any atom is -0.477 e. The number of aliphatic carboxylic acids is 1. The minimum atomic E-state index is -1.10. The van der Waals surface area contributed by atoms with E-state index in [1.54, 1.807) is 12.1 Å². The molecule has 0 saturated heterocycles. The Balaban J connectivity index is 2.61. The van der Waals surface area contributed by atoms with Crippen LogP contribution in [0.15, 0.2) is 11.6 Å². The number of nitrogens with zero attached hydrogens (tertiary/aromatic N) is 1. The van der Waals surface area contributed by atoms with Crippen molar-refractivity contribution in [1.29, 1.82) is 5.26 Å². The molecule has 70 valence electrons. The molecule has 1 fully saturated rings. The van der Waals surface area contributed by atoms with Gasteiger partial charge in [-0.3, -0.25) is 0 Å². The molecule has 1 aliphatic carbocycles. The fraction of sp³-hybridized carbons (Fsp3) is 0.600. The highest BCUT2D eigenvalue weighted by Crippen LogP contribution is 2.25. The first kappa shape index (κ1) is 9.79. The molecule has 1 saturated carbocycles. The number of hydrogen-bond acceptors (Lipinski definition) is 2. The predicted octanol–water partition coefficient (Wildman–Crippen LogP) is 2.10. The topological polar surface area (TPSA) is 61.1 Å². The highest BCUT2D eigenvalue weighted by Gasteiger charge is 2.14. The van der Waals surface area contributed by atoms with Crippen LogP contribution in [0, 0.1) is 17.2 Å². The van der Waals surface area contributed by atoms with E-state index < -0.39 is 5.97 Å². The number of rotatable bonds is 2. The number of hydrogen-bond donors (Lipinski definition) is 1. The standard InChI is InChI=1S/C10H13NO2/c11-7-9(10(12)13)6-8-4-2-1-3-5-8/h6,8H,1-5H2,(H,12,13). The van der Waals surface area contributed by atoms with Crippen molar-refractivity contribution in [2.75, 3.05) is 0 Å². The first-order valence-corrected chi connectivity index (χ1v) is 4.59. The van der Waals surface area contributed by atoms with Crippen LogP contribution in [-0.4, -0.2) is 11.1 Å². The molecule has 0 aromatic rings. The highest BCUT2D eigenvalue weighted by molar-refractivity contribution is 5.90. The molecule has 0 heterocycles. The van der Waals surface area contributed by atoms with Crippen LogP contribution >= 0.6 is 0 Å². The van der Waals surface area contributed by atoms with Gasteiger partial charge in [0.05, 0.1) is 0 Å². The quantitative estimate of drug-likeness (QED) is 0.521. The summed E-state index contributed by atoms with van der Waals surface area (Å²) < 4.78 is 0. The monoisotopic (exact) mass is 179 g/mol. The van der Waals surface area contributed by atoms with Gasteiger partial charge in [-0.2, -0.15) is 5.26 Å². The fourth-order valence-corrected chi connectivity index (χ4v) is 1.69. The van der Waals surface area contributed by atoms with Crippen LogP contribution in [0.4, 0.5) is 0 Å². The molecule has 0 atom stereocenters. The molecule has 0 aromatic carbocycles. The van der Waals surface area contributed by atoms with Crippen molar-refractivity contribution in [3.63, 3.8) is 0 Å². The third-order valence-electron chi connectivity index (χ3n) is 2.40. The summed E-state index contributed by atoms with van der Waals surface area (Å²) in [7, 11) is 0. The Bertz CT molecular complexity index is 257. The average Bonchev–Trinajstić information content (AvgIpc) is 2.15. The summed E-state index contributed by atoms with van der Waals surface area (Å²) in [6.07, 6.45) is 7.21. The summed E-state index contributed by atoms with van der Waals surface area (Å²) in [6.45, 7) is 0. The van der Waals surface area contributed by atoms with E-state index in [2.05, 4.69) is 0 Å². The molecule has 1 N–H and O–H groups in total. The summed E-state index contributed by atoms with van der Waals surface area (Å²) in [5, 5.41) is 17.1. The van der Waals surface area contributed by atoms with E-state index in [1.165, 1.54) is 6.42 Å². The van der Waals surface area contributed by atoms with Crippen molar-refractivity contribution in [2.24, 2.45) is 5.92 Å². The van der Waals surface area contributed by atoms with Gasteiger partial charge in [-0.15, -0.1) is 0 Å². The lowest BCUT2D eigenvalue weighted by atomic mass is 9.88. The normalized spacial score (nSPS) is 19.5. The number of nitriles is 1. The number of carbonyl (C=O) groups is 1. The van der Waals surface area contributed by atoms with Gasteiger partial charge in [0.2, 0.25) is 0 Å². The lowest BCUT2D eigenvalue weighted by Crippen LogP contribution is -2.07. The van der Waals surface area contributed by atoms with Gasteiger partial charge in [0.25, 0.3) is 0 Å². The number of allylic oxidation sites excluding steroid dienone is 1. The molecular formula is C10H13NO2. The SMILES string of the molecule is N#CC(=CC1CCCCC1)C(=O)O. The van der Waals surface area contributed by atoms with Crippen molar-refractivity contribution in [3.05, 3.63) is 11.6 Å². The largest absolute Gasteiger partial charge is 0.477 e. The van der Waals surface area contributed by atoms with Gasteiger partial charge >= 0.3 is 5.97 Å². The predicted molar refractivity (Wildman–Crippen MR) is 47.9 cm³/mol. The van der Waals surface area contributed by atoms with Gasteiger partial charge in [-0.25, -0.2) is 4.79 Å². The van der Waals surface area contributed by atoms with E-state index in [1.807, 2.05) is 0 Å². The molecule has 0 aliphatic heterocycles. The molecule has 1 rings (SSSR count). The Morgan fingerprint density at radius 3 is 2.46 bits per heavy atom. The van der Waals surface area contributed by atoms with E-state index in [-0.39, 0.29) is 5.57 Å². The first-order chi connectivity index (χ1) is 6.24. The van der Waals surface area contributed by atoms with Gasteiger partial charge in [-0.1, -0.05) is 25.3 Å². The van der Waals surface area contributed by atoms with E-state index in [0.29, 0.717) is 5.92 Å². The van der Waals surface area contributed by atoms with E-state index >= 15 is 0 Å². The molecule has 0 bridgehead atoms. The van der Waals surface area contributed by atoms with E-state index in [9.17, 15) is 4.79 Å². The number of carboxylic acid groups (broad SMARTS) is 1. The van der Waals surface area contributed by atoms with Crippen molar-refractivity contribution in [2.45, 2.75) is 32.1 Å². The molecular weight excluding hydrogens is 166 g/mol. The van der Waals surface area contributed by atoms with Crippen molar-refractivity contribution < 1.29 is 9.90 Å². The van der Waals surface area contributed by atoms with Crippen LogP contribution in [0.25, 0.3) is 0 Å². The van der Waals surface area contributed by atoms with Crippen LogP contribution in [0.1, 0.15) is 32.1 Å². The Labute approximate surface area is 77.7 Å². The van der Waals surface area contributed by atoms with Crippen LogP contribution in [0.5, 0.6) is 0 Å². The van der Waals surface area contributed by atoms with Crippen molar-refractivity contribution >= 4 is 5.97 Å². The highest BCUT2D eigenvalue weighted by atomic mass is 16.4. The molecule has 0 amide bonds. The smallest absolute Gasteiger partial charge is 0.346 e. The van der Waals surface area contributed by atoms with Crippen molar-refractivity contribution in [3.8, 4) is 6.07 Å². The number of carboxylic acids is 1. The Morgan fingerprint density at radius 1 is 1.38 bits per heavy atom. The van der Waals surface area contributed by atoms with E-state index in [4.69, 9.17) is 10.4 Å². The Morgan fingerprint density at radius 2 is 2.00 bits per heavy atom. The second-order valence-corrected chi connectivity index (χ2v) is 3.40. The molecule has 13 heavy (non-hydrogen) atoms. The second-order valence-electron chi connectivity index (χ2n) is 3.40. The van der Waals surface area contributed by atoms with E-state index in [0.717, 1.165) is 25.7 Å². The maximum atomic E-state index is 10.5. The minimum absolute atomic E-state index is 0.105. The maximum Gasteiger partial charge on any atom is 0.346 e. The van der Waals surface area contributed by atoms with Gasteiger partial charge in [0, 0.05) is 0 Å². The average molecular weight is 179 g/mol. The van der Waals surface area contributed by atoms with Crippen LogP contribution in [0.2, 0.25) is 0 Å². The zero-order chi connectivity index (χ0) is 9.68. The van der Waals surface area contributed by atoms with Gasteiger partial charge < -0.3 is 5.11 Å². The molecule has 3 heteroatoms. The zero-order valence-corrected chi connectivity index (χ0v) is 7.49. The first-order valence-electron chi connectivity index (χ1n) is 4.59. The molecule has 0 radical (unpaired) electrons. The summed E-state index contributed by atoms with van der Waals surface area (Å²) in [5.41, 5.74) is -0.105. The van der Waals surface area contributed by atoms with Crippen LogP contribution in [-0.2, 0) is 4.79 Å². The maximum absolute atomic E-state index is 10.5. The zero-order valence-electron chi connectivity index (χ0n) is 7.49. The van der Waals surface area contributed by atoms with Gasteiger partial charge in [-0.05, 0) is 18.8 Å².